The van der Waals surface area contributed by atoms with Crippen LogP contribution in [0.1, 0.15) is 25.7 Å². The minimum atomic E-state index is -3.36. The van der Waals surface area contributed by atoms with Crippen LogP contribution in [0.15, 0.2) is 0 Å². The Balaban J connectivity index is 2.12. The molecule has 1 atom stereocenters. The number of hydrogen-bond acceptors (Lipinski definition) is 4. The molecular formula is C11H23N3O3S. The van der Waals surface area contributed by atoms with Gasteiger partial charge in [0.15, 0.2) is 0 Å². The lowest BCUT2D eigenvalue weighted by molar-refractivity contribution is 0.0329. The standard InChI is InChI=1S/C11H23N3O3S/c12-9-11-10-17-8-7-14(11)18(15,16)13-5-3-1-2-4-6-13/h11H,1-10,12H2. The zero-order chi connectivity index (χ0) is 13.0. The first-order valence-corrected chi connectivity index (χ1v) is 8.10. The number of ether oxygens (including phenoxy) is 1. The average Bonchev–Trinajstić information content (AvgIpc) is 2.68. The highest BCUT2D eigenvalue weighted by molar-refractivity contribution is 7.86. The van der Waals surface area contributed by atoms with Crippen LogP contribution < -0.4 is 5.73 Å². The van der Waals surface area contributed by atoms with Crippen LogP contribution in [0.4, 0.5) is 0 Å². The lowest BCUT2D eigenvalue weighted by Gasteiger charge is -2.37. The Labute approximate surface area is 109 Å². The third kappa shape index (κ3) is 3.03. The molecule has 0 spiro atoms. The fourth-order valence-electron chi connectivity index (χ4n) is 2.55. The van der Waals surface area contributed by atoms with Crippen LogP contribution in [0.5, 0.6) is 0 Å². The van der Waals surface area contributed by atoms with E-state index in [9.17, 15) is 8.42 Å². The van der Waals surface area contributed by atoms with Crippen molar-refractivity contribution in [3.8, 4) is 0 Å². The van der Waals surface area contributed by atoms with Crippen LogP contribution in [-0.4, -0.2) is 62.5 Å². The monoisotopic (exact) mass is 277 g/mol. The molecule has 2 rings (SSSR count). The van der Waals surface area contributed by atoms with E-state index in [0.717, 1.165) is 25.7 Å². The Morgan fingerprint density at radius 2 is 1.78 bits per heavy atom. The molecule has 0 radical (unpaired) electrons. The Morgan fingerprint density at radius 3 is 2.39 bits per heavy atom. The molecule has 0 aromatic rings. The summed E-state index contributed by atoms with van der Waals surface area (Å²) >= 11 is 0. The molecular weight excluding hydrogens is 254 g/mol. The van der Waals surface area contributed by atoms with Crippen LogP contribution >= 0.6 is 0 Å². The van der Waals surface area contributed by atoms with Crippen molar-refractivity contribution < 1.29 is 13.2 Å². The van der Waals surface area contributed by atoms with Gasteiger partial charge in [0.05, 0.1) is 19.3 Å². The van der Waals surface area contributed by atoms with Crippen molar-refractivity contribution in [1.29, 1.82) is 0 Å². The zero-order valence-corrected chi connectivity index (χ0v) is 11.6. The average molecular weight is 277 g/mol. The number of nitrogens with zero attached hydrogens (tertiary/aromatic N) is 2. The Kier molecular flexibility index (Phi) is 4.97. The Hall–Kier alpha value is -0.210. The van der Waals surface area contributed by atoms with Crippen LogP contribution in [0.3, 0.4) is 0 Å². The Bertz CT molecular complexity index is 353. The van der Waals surface area contributed by atoms with Gasteiger partial charge in [-0.1, -0.05) is 12.8 Å². The summed E-state index contributed by atoms with van der Waals surface area (Å²) in [6, 6.07) is -0.216. The predicted molar refractivity (Wildman–Crippen MR) is 69.3 cm³/mol. The summed E-state index contributed by atoms with van der Waals surface area (Å²) in [5.74, 6) is 0. The molecule has 0 aromatic heterocycles. The summed E-state index contributed by atoms with van der Waals surface area (Å²) in [6.07, 6.45) is 4.15. The first-order valence-electron chi connectivity index (χ1n) is 6.71. The first kappa shape index (κ1) is 14.2. The van der Waals surface area contributed by atoms with Crippen molar-refractivity contribution in [3.63, 3.8) is 0 Å². The summed E-state index contributed by atoms with van der Waals surface area (Å²) in [6.45, 7) is 2.87. The van der Waals surface area contributed by atoms with E-state index in [1.54, 1.807) is 4.31 Å². The maximum Gasteiger partial charge on any atom is 0.282 e. The number of hydrogen-bond donors (Lipinski definition) is 1. The van der Waals surface area contributed by atoms with E-state index in [1.807, 2.05) is 0 Å². The van der Waals surface area contributed by atoms with Crippen molar-refractivity contribution in [2.45, 2.75) is 31.7 Å². The minimum absolute atomic E-state index is 0.216. The van der Waals surface area contributed by atoms with E-state index in [0.29, 0.717) is 39.4 Å². The van der Waals surface area contributed by atoms with Gasteiger partial charge in [0.25, 0.3) is 10.2 Å². The normalized spacial score (nSPS) is 29.1. The summed E-state index contributed by atoms with van der Waals surface area (Å²) in [7, 11) is -3.36. The van der Waals surface area contributed by atoms with Gasteiger partial charge in [-0.05, 0) is 12.8 Å². The first-order chi connectivity index (χ1) is 8.66. The van der Waals surface area contributed by atoms with Crippen molar-refractivity contribution >= 4 is 10.2 Å². The molecule has 0 aliphatic carbocycles. The lowest BCUT2D eigenvalue weighted by atomic mass is 10.2. The molecule has 2 aliphatic rings. The molecule has 6 nitrogen and oxygen atoms in total. The molecule has 2 fully saturated rings. The molecule has 0 amide bonds. The lowest BCUT2D eigenvalue weighted by Crippen LogP contribution is -2.56. The molecule has 0 bridgehead atoms. The van der Waals surface area contributed by atoms with Gasteiger partial charge in [-0.15, -0.1) is 0 Å². The van der Waals surface area contributed by atoms with Gasteiger partial charge < -0.3 is 10.5 Å². The fraction of sp³-hybridized carbons (Fsp3) is 1.00. The molecule has 0 saturated carbocycles. The van der Waals surface area contributed by atoms with Crippen molar-refractivity contribution in [2.24, 2.45) is 5.73 Å². The molecule has 106 valence electrons. The van der Waals surface area contributed by atoms with Crippen LogP contribution in [-0.2, 0) is 14.9 Å². The highest BCUT2D eigenvalue weighted by Gasteiger charge is 2.36. The molecule has 2 heterocycles. The second-order valence-electron chi connectivity index (χ2n) is 4.90. The molecule has 7 heteroatoms. The summed E-state index contributed by atoms with van der Waals surface area (Å²) in [4.78, 5) is 0. The number of nitrogens with two attached hydrogens (primary N) is 1. The Morgan fingerprint density at radius 1 is 1.11 bits per heavy atom. The highest BCUT2D eigenvalue weighted by atomic mass is 32.2. The third-order valence-corrected chi connectivity index (χ3v) is 5.72. The number of morpholine rings is 1. The molecule has 1 unspecified atom stereocenters. The largest absolute Gasteiger partial charge is 0.378 e. The summed E-state index contributed by atoms with van der Waals surface area (Å²) < 4.78 is 33.7. The molecule has 2 aliphatic heterocycles. The molecule has 18 heavy (non-hydrogen) atoms. The van der Waals surface area contributed by atoms with E-state index >= 15 is 0 Å². The van der Waals surface area contributed by atoms with Crippen LogP contribution in [0.25, 0.3) is 0 Å². The van der Waals surface area contributed by atoms with E-state index in [1.165, 1.54) is 4.31 Å². The second-order valence-corrected chi connectivity index (χ2v) is 6.78. The van der Waals surface area contributed by atoms with E-state index in [4.69, 9.17) is 10.5 Å². The highest BCUT2D eigenvalue weighted by Crippen LogP contribution is 2.19. The van der Waals surface area contributed by atoms with Gasteiger partial charge in [-0.25, -0.2) is 0 Å². The number of rotatable bonds is 3. The molecule has 2 N–H and O–H groups in total. The van der Waals surface area contributed by atoms with Crippen molar-refractivity contribution in [2.75, 3.05) is 39.4 Å². The quantitative estimate of drug-likeness (QED) is 0.773. The van der Waals surface area contributed by atoms with Gasteiger partial charge in [-0.2, -0.15) is 17.0 Å². The minimum Gasteiger partial charge on any atom is -0.378 e. The van der Waals surface area contributed by atoms with Crippen molar-refractivity contribution in [3.05, 3.63) is 0 Å². The van der Waals surface area contributed by atoms with Crippen LogP contribution in [0.2, 0.25) is 0 Å². The van der Waals surface area contributed by atoms with Gasteiger partial charge >= 0.3 is 0 Å². The topological polar surface area (TPSA) is 75.9 Å². The van der Waals surface area contributed by atoms with E-state index < -0.39 is 10.2 Å². The SMILES string of the molecule is NCC1COCCN1S(=O)(=O)N1CCCCCC1. The second kappa shape index (κ2) is 6.29. The van der Waals surface area contributed by atoms with Gasteiger partial charge in [-0.3, -0.25) is 0 Å². The third-order valence-electron chi connectivity index (χ3n) is 3.63. The predicted octanol–water partition coefficient (Wildman–Crippen LogP) is -0.233. The summed E-state index contributed by atoms with van der Waals surface area (Å²) in [5.41, 5.74) is 5.65. The van der Waals surface area contributed by atoms with Crippen molar-refractivity contribution in [1.82, 2.24) is 8.61 Å². The molecule has 2 saturated heterocycles. The maximum atomic E-state index is 12.6. The van der Waals surface area contributed by atoms with Gasteiger partial charge in [0.1, 0.15) is 0 Å². The smallest absolute Gasteiger partial charge is 0.282 e. The zero-order valence-electron chi connectivity index (χ0n) is 10.8. The van der Waals surface area contributed by atoms with Gasteiger partial charge in [0, 0.05) is 26.2 Å². The van der Waals surface area contributed by atoms with Crippen LogP contribution in [0, 0.1) is 0 Å². The summed E-state index contributed by atoms with van der Waals surface area (Å²) in [5, 5.41) is 0. The van der Waals surface area contributed by atoms with E-state index in [-0.39, 0.29) is 6.04 Å². The van der Waals surface area contributed by atoms with Gasteiger partial charge in [0.2, 0.25) is 0 Å². The fourth-order valence-corrected chi connectivity index (χ4v) is 4.39. The molecule has 0 aromatic carbocycles. The maximum absolute atomic E-state index is 12.6. The van der Waals surface area contributed by atoms with E-state index in [2.05, 4.69) is 0 Å².